The third-order valence-corrected chi connectivity index (χ3v) is 2.07. The first-order valence-electron chi connectivity index (χ1n) is 5.39. The van der Waals surface area contributed by atoms with Crippen molar-refractivity contribution in [3.05, 3.63) is 23.5 Å². The Morgan fingerprint density at radius 3 is 2.78 bits per heavy atom. The fourth-order valence-electron chi connectivity index (χ4n) is 1.27. The Balaban J connectivity index is 2.20. The Morgan fingerprint density at radius 1 is 1.39 bits per heavy atom. The number of halogens is 3. The summed E-state index contributed by atoms with van der Waals surface area (Å²) in [6, 6.07) is 3.20. The van der Waals surface area contributed by atoms with Crippen LogP contribution in [-0.2, 0) is 11.3 Å². The van der Waals surface area contributed by atoms with E-state index in [1.54, 1.807) is 13.0 Å². The van der Waals surface area contributed by atoms with E-state index in [0.29, 0.717) is 5.69 Å². The molecule has 0 spiro atoms. The van der Waals surface area contributed by atoms with Crippen LogP contribution in [0, 0.1) is 6.92 Å². The summed E-state index contributed by atoms with van der Waals surface area (Å²) in [5.74, 6) is 0.0595. The third-order valence-electron chi connectivity index (χ3n) is 2.07. The molecule has 0 aliphatic carbocycles. The number of nitrogens with zero attached hydrogens (tertiary/aromatic N) is 1. The van der Waals surface area contributed by atoms with Crippen molar-refractivity contribution in [1.82, 2.24) is 10.3 Å². The van der Waals surface area contributed by atoms with Gasteiger partial charge >= 0.3 is 6.18 Å². The maximum atomic E-state index is 11.7. The fourth-order valence-corrected chi connectivity index (χ4v) is 1.27. The van der Waals surface area contributed by atoms with E-state index in [-0.39, 0.29) is 25.4 Å². The van der Waals surface area contributed by atoms with Gasteiger partial charge in [-0.1, -0.05) is 0 Å². The van der Waals surface area contributed by atoms with Gasteiger partial charge in [0.2, 0.25) is 0 Å². The highest BCUT2D eigenvalue weighted by molar-refractivity contribution is 5.27. The van der Waals surface area contributed by atoms with Gasteiger partial charge in [-0.25, -0.2) is 0 Å². The number of alkyl halides is 3. The van der Waals surface area contributed by atoms with Crippen LogP contribution >= 0.6 is 0 Å². The van der Waals surface area contributed by atoms with Gasteiger partial charge in [0.15, 0.2) is 0 Å². The number of hydrogen-bond donors (Lipinski definition) is 2. The van der Waals surface area contributed by atoms with Gasteiger partial charge in [0, 0.05) is 18.8 Å². The molecule has 1 rings (SSSR count). The van der Waals surface area contributed by atoms with Crippen molar-refractivity contribution in [2.75, 3.05) is 19.8 Å². The van der Waals surface area contributed by atoms with Gasteiger partial charge in [-0.05, 0) is 19.1 Å². The van der Waals surface area contributed by atoms with Crippen molar-refractivity contribution in [3.63, 3.8) is 0 Å². The molecule has 0 amide bonds. The zero-order valence-corrected chi connectivity index (χ0v) is 9.92. The largest absolute Gasteiger partial charge is 0.506 e. The quantitative estimate of drug-likeness (QED) is 0.769. The van der Waals surface area contributed by atoms with E-state index in [2.05, 4.69) is 15.0 Å². The van der Waals surface area contributed by atoms with Gasteiger partial charge in [-0.15, -0.1) is 0 Å². The molecule has 18 heavy (non-hydrogen) atoms. The maximum Gasteiger partial charge on any atom is 0.411 e. The number of aromatic nitrogens is 1. The zero-order chi connectivity index (χ0) is 13.6. The van der Waals surface area contributed by atoms with Crippen LogP contribution in [0.15, 0.2) is 12.1 Å². The molecule has 0 radical (unpaired) electrons. The smallest absolute Gasteiger partial charge is 0.411 e. The zero-order valence-electron chi connectivity index (χ0n) is 9.92. The second-order valence-electron chi connectivity index (χ2n) is 3.76. The number of hydrogen-bond acceptors (Lipinski definition) is 4. The van der Waals surface area contributed by atoms with Crippen molar-refractivity contribution >= 4 is 0 Å². The Kier molecular flexibility index (Phi) is 5.36. The second kappa shape index (κ2) is 6.55. The number of ether oxygens (including phenoxy) is 1. The van der Waals surface area contributed by atoms with Crippen molar-refractivity contribution in [3.8, 4) is 5.75 Å². The minimum atomic E-state index is -4.30. The first-order chi connectivity index (χ1) is 8.38. The van der Waals surface area contributed by atoms with Gasteiger partial charge in [-0.3, -0.25) is 4.98 Å². The van der Waals surface area contributed by atoms with E-state index in [1.807, 2.05) is 0 Å². The molecular formula is C11H15F3N2O2. The Labute approximate surface area is 103 Å². The highest BCUT2D eigenvalue weighted by Gasteiger charge is 2.27. The van der Waals surface area contributed by atoms with Crippen LogP contribution in [0.5, 0.6) is 5.75 Å². The number of pyridine rings is 1. The average molecular weight is 264 g/mol. The molecule has 1 aromatic heterocycles. The number of rotatable bonds is 6. The molecule has 2 N–H and O–H groups in total. The highest BCUT2D eigenvalue weighted by Crippen LogP contribution is 2.15. The summed E-state index contributed by atoms with van der Waals surface area (Å²) in [4.78, 5) is 4.10. The summed E-state index contributed by atoms with van der Waals surface area (Å²) in [6.45, 7) is 1.03. The van der Waals surface area contributed by atoms with E-state index in [9.17, 15) is 18.3 Å². The molecule has 1 aromatic rings. The summed E-state index contributed by atoms with van der Waals surface area (Å²) in [6.07, 6.45) is -4.30. The molecule has 0 fully saturated rings. The number of aryl methyl sites for hydroxylation is 1. The molecular weight excluding hydrogens is 249 g/mol. The van der Waals surface area contributed by atoms with Crippen LogP contribution in [0.3, 0.4) is 0 Å². The van der Waals surface area contributed by atoms with Crippen molar-refractivity contribution in [2.45, 2.75) is 19.6 Å². The molecule has 0 aromatic carbocycles. The Hall–Kier alpha value is -1.34. The average Bonchev–Trinajstić information content (AvgIpc) is 2.26. The molecule has 102 valence electrons. The van der Waals surface area contributed by atoms with Crippen LogP contribution in [-0.4, -0.2) is 36.0 Å². The van der Waals surface area contributed by atoms with Crippen LogP contribution in [0.2, 0.25) is 0 Å². The van der Waals surface area contributed by atoms with E-state index < -0.39 is 12.8 Å². The minimum absolute atomic E-state index is 0.0495. The van der Waals surface area contributed by atoms with Gasteiger partial charge in [0.1, 0.15) is 12.4 Å². The predicted octanol–water partition coefficient (Wildman–Crippen LogP) is 1.76. The monoisotopic (exact) mass is 264 g/mol. The van der Waals surface area contributed by atoms with Gasteiger partial charge < -0.3 is 15.2 Å². The van der Waals surface area contributed by atoms with Crippen molar-refractivity contribution < 1.29 is 23.0 Å². The van der Waals surface area contributed by atoms with Crippen LogP contribution in [0.1, 0.15) is 11.4 Å². The standard InChI is InChI=1S/C11H15F3N2O2/c1-8-2-3-10(17)9(16-8)6-15-4-5-18-7-11(12,13)14/h2-3,15,17H,4-7H2,1H3. The molecule has 1 heterocycles. The van der Waals surface area contributed by atoms with E-state index in [1.165, 1.54) is 6.07 Å². The normalized spacial score (nSPS) is 11.8. The van der Waals surface area contributed by atoms with Crippen LogP contribution < -0.4 is 5.32 Å². The van der Waals surface area contributed by atoms with Crippen LogP contribution in [0.4, 0.5) is 13.2 Å². The Bertz CT molecular complexity index is 383. The molecule has 0 bridgehead atoms. The van der Waals surface area contributed by atoms with E-state index in [4.69, 9.17) is 0 Å². The lowest BCUT2D eigenvalue weighted by Gasteiger charge is -2.09. The van der Waals surface area contributed by atoms with E-state index >= 15 is 0 Å². The summed E-state index contributed by atoms with van der Waals surface area (Å²) in [5.41, 5.74) is 1.23. The molecule has 0 atom stereocenters. The predicted molar refractivity (Wildman–Crippen MR) is 59.2 cm³/mol. The first kappa shape index (κ1) is 14.7. The third kappa shape index (κ3) is 5.83. The van der Waals surface area contributed by atoms with Crippen molar-refractivity contribution in [2.24, 2.45) is 0 Å². The SMILES string of the molecule is Cc1ccc(O)c(CNCCOCC(F)(F)F)n1. The summed E-state index contributed by atoms with van der Waals surface area (Å²) in [7, 11) is 0. The summed E-state index contributed by atoms with van der Waals surface area (Å²) >= 11 is 0. The van der Waals surface area contributed by atoms with Gasteiger partial charge in [0.05, 0.1) is 12.3 Å². The molecule has 0 aliphatic rings. The molecule has 7 heteroatoms. The number of nitrogens with one attached hydrogen (secondary N) is 1. The Morgan fingerprint density at radius 2 is 2.11 bits per heavy atom. The second-order valence-corrected chi connectivity index (χ2v) is 3.76. The topological polar surface area (TPSA) is 54.4 Å². The maximum absolute atomic E-state index is 11.7. The number of aromatic hydroxyl groups is 1. The molecule has 0 saturated heterocycles. The highest BCUT2D eigenvalue weighted by atomic mass is 19.4. The lowest BCUT2D eigenvalue weighted by molar-refractivity contribution is -0.173. The lowest BCUT2D eigenvalue weighted by Crippen LogP contribution is -2.24. The van der Waals surface area contributed by atoms with Gasteiger partial charge in [0.25, 0.3) is 0 Å². The van der Waals surface area contributed by atoms with Crippen LogP contribution in [0.25, 0.3) is 0 Å². The summed E-state index contributed by atoms with van der Waals surface area (Å²) < 4.78 is 39.6. The van der Waals surface area contributed by atoms with Gasteiger partial charge in [-0.2, -0.15) is 13.2 Å². The summed E-state index contributed by atoms with van der Waals surface area (Å²) in [5, 5.41) is 12.3. The van der Waals surface area contributed by atoms with Crippen molar-refractivity contribution in [1.29, 1.82) is 0 Å². The molecule has 0 unspecified atom stereocenters. The molecule has 4 nitrogen and oxygen atoms in total. The molecule has 0 aliphatic heterocycles. The fraction of sp³-hybridized carbons (Fsp3) is 0.545. The lowest BCUT2D eigenvalue weighted by atomic mass is 10.3. The molecule has 0 saturated carbocycles. The minimum Gasteiger partial charge on any atom is -0.506 e. The first-order valence-corrected chi connectivity index (χ1v) is 5.39. The van der Waals surface area contributed by atoms with E-state index in [0.717, 1.165) is 5.69 Å².